The number of halogens is 2. The van der Waals surface area contributed by atoms with Crippen LogP contribution in [0.5, 0.6) is 11.5 Å². The molecule has 0 heterocycles. The van der Waals surface area contributed by atoms with Crippen molar-refractivity contribution in [3.05, 3.63) is 58.7 Å². The van der Waals surface area contributed by atoms with Crippen molar-refractivity contribution in [2.45, 2.75) is 45.9 Å². The minimum Gasteiger partial charge on any atom is -0.493 e. The summed E-state index contributed by atoms with van der Waals surface area (Å²) >= 11 is 0. The van der Waals surface area contributed by atoms with Gasteiger partial charge in [0.05, 0.1) is 13.7 Å². The zero-order valence-electron chi connectivity index (χ0n) is 17.8. The van der Waals surface area contributed by atoms with E-state index in [9.17, 15) is 18.4 Å². The molecule has 31 heavy (non-hydrogen) atoms. The van der Waals surface area contributed by atoms with Gasteiger partial charge >= 0.3 is 6.61 Å². The van der Waals surface area contributed by atoms with E-state index < -0.39 is 6.61 Å². The van der Waals surface area contributed by atoms with E-state index in [1.165, 1.54) is 13.2 Å². The first kappa shape index (κ1) is 22.5. The van der Waals surface area contributed by atoms with Crippen LogP contribution in [0.25, 0.3) is 0 Å². The van der Waals surface area contributed by atoms with E-state index >= 15 is 0 Å². The van der Waals surface area contributed by atoms with Crippen molar-refractivity contribution in [1.29, 1.82) is 0 Å². The minimum atomic E-state index is -2.95. The van der Waals surface area contributed by atoms with Crippen molar-refractivity contribution in [1.82, 2.24) is 10.2 Å². The van der Waals surface area contributed by atoms with Crippen LogP contribution in [0, 0.1) is 13.8 Å². The van der Waals surface area contributed by atoms with Gasteiger partial charge in [-0.3, -0.25) is 9.59 Å². The van der Waals surface area contributed by atoms with Gasteiger partial charge in [-0.15, -0.1) is 0 Å². The van der Waals surface area contributed by atoms with Gasteiger partial charge in [0.25, 0.3) is 5.91 Å². The molecule has 2 aromatic carbocycles. The van der Waals surface area contributed by atoms with Crippen molar-refractivity contribution in [2.75, 3.05) is 13.7 Å². The van der Waals surface area contributed by atoms with Gasteiger partial charge in [0.2, 0.25) is 5.91 Å². The molecule has 3 rings (SSSR count). The fourth-order valence-corrected chi connectivity index (χ4v) is 3.47. The van der Waals surface area contributed by atoms with Crippen LogP contribution in [-0.4, -0.2) is 43.0 Å². The van der Waals surface area contributed by atoms with Crippen LogP contribution >= 0.6 is 0 Å². The van der Waals surface area contributed by atoms with Crippen molar-refractivity contribution in [3.63, 3.8) is 0 Å². The monoisotopic (exact) mass is 432 g/mol. The number of alkyl halides is 2. The highest BCUT2D eigenvalue weighted by Gasteiger charge is 2.32. The predicted molar refractivity (Wildman–Crippen MR) is 111 cm³/mol. The molecule has 1 aliphatic carbocycles. The zero-order valence-corrected chi connectivity index (χ0v) is 17.8. The molecular formula is C23H26F2N2O4. The molecule has 2 amide bonds. The molecule has 6 nitrogen and oxygen atoms in total. The summed E-state index contributed by atoms with van der Waals surface area (Å²) in [6, 6.07) is 10.2. The fraction of sp³-hybridized carbons (Fsp3) is 0.391. The second kappa shape index (κ2) is 9.76. The lowest BCUT2D eigenvalue weighted by Crippen LogP contribution is -2.41. The van der Waals surface area contributed by atoms with E-state index in [2.05, 4.69) is 10.1 Å². The summed E-state index contributed by atoms with van der Waals surface area (Å²) in [5.74, 6) is -0.395. The SMILES string of the molecule is COc1cc(CN(C(=O)CNC(=O)c2cc(C)cc(C)c2)C2CC2)ccc1OC(F)F. The third-order valence-corrected chi connectivity index (χ3v) is 4.99. The second-order valence-electron chi connectivity index (χ2n) is 7.68. The Labute approximate surface area is 180 Å². The smallest absolute Gasteiger partial charge is 0.387 e. The number of methoxy groups -OCH3 is 1. The Morgan fingerprint density at radius 3 is 2.35 bits per heavy atom. The van der Waals surface area contributed by atoms with Crippen LogP contribution in [-0.2, 0) is 11.3 Å². The van der Waals surface area contributed by atoms with E-state index in [-0.39, 0.29) is 42.4 Å². The molecule has 1 saturated carbocycles. The standard InChI is InChI=1S/C23H26F2N2O4/c1-14-8-15(2)10-17(9-14)22(29)26-12-21(28)27(18-5-6-18)13-16-4-7-19(31-23(24)25)20(11-16)30-3/h4,7-11,18,23H,5-6,12-13H2,1-3H3,(H,26,29). The number of carbonyl (C=O) groups is 2. The Balaban J connectivity index is 1.65. The van der Waals surface area contributed by atoms with E-state index in [4.69, 9.17) is 4.74 Å². The predicted octanol–water partition coefficient (Wildman–Crippen LogP) is 3.83. The molecule has 0 aliphatic heterocycles. The van der Waals surface area contributed by atoms with Gasteiger partial charge < -0.3 is 19.7 Å². The van der Waals surface area contributed by atoms with Gasteiger partial charge in [-0.2, -0.15) is 8.78 Å². The summed E-state index contributed by atoms with van der Waals surface area (Å²) in [5, 5.41) is 2.70. The van der Waals surface area contributed by atoms with Crippen LogP contribution in [0.2, 0.25) is 0 Å². The molecule has 0 radical (unpaired) electrons. The number of amides is 2. The Bertz CT molecular complexity index is 940. The molecule has 0 atom stereocenters. The van der Waals surface area contributed by atoms with Gasteiger partial charge in [-0.25, -0.2) is 0 Å². The molecule has 1 fully saturated rings. The zero-order chi connectivity index (χ0) is 22.5. The summed E-state index contributed by atoms with van der Waals surface area (Å²) < 4.78 is 34.6. The maximum absolute atomic E-state index is 12.8. The molecular weight excluding hydrogens is 406 g/mol. The van der Waals surface area contributed by atoms with Gasteiger partial charge in [0.1, 0.15) is 0 Å². The molecule has 8 heteroatoms. The van der Waals surface area contributed by atoms with Gasteiger partial charge in [-0.05, 0) is 56.5 Å². The molecule has 0 saturated heterocycles. The average molecular weight is 432 g/mol. The van der Waals surface area contributed by atoms with E-state index in [1.54, 1.807) is 29.2 Å². The Morgan fingerprint density at radius 2 is 1.77 bits per heavy atom. The van der Waals surface area contributed by atoms with Crippen LogP contribution < -0.4 is 14.8 Å². The molecule has 0 aromatic heterocycles. The number of nitrogens with one attached hydrogen (secondary N) is 1. The van der Waals surface area contributed by atoms with Crippen LogP contribution in [0.15, 0.2) is 36.4 Å². The molecule has 2 aromatic rings. The molecule has 0 unspecified atom stereocenters. The maximum atomic E-state index is 12.8. The maximum Gasteiger partial charge on any atom is 0.387 e. The number of rotatable bonds is 9. The number of nitrogens with zero attached hydrogens (tertiary/aromatic N) is 1. The summed E-state index contributed by atoms with van der Waals surface area (Å²) in [4.78, 5) is 27.0. The fourth-order valence-electron chi connectivity index (χ4n) is 3.47. The van der Waals surface area contributed by atoms with E-state index in [1.807, 2.05) is 19.9 Å². The second-order valence-corrected chi connectivity index (χ2v) is 7.68. The lowest BCUT2D eigenvalue weighted by Gasteiger charge is -2.23. The lowest BCUT2D eigenvalue weighted by atomic mass is 10.1. The number of benzene rings is 2. The largest absolute Gasteiger partial charge is 0.493 e. The highest BCUT2D eigenvalue weighted by atomic mass is 19.3. The van der Waals surface area contributed by atoms with Crippen molar-refractivity contribution in [2.24, 2.45) is 0 Å². The molecule has 0 spiro atoms. The van der Waals surface area contributed by atoms with Crippen LogP contribution in [0.1, 0.15) is 39.9 Å². The summed E-state index contributed by atoms with van der Waals surface area (Å²) in [6.45, 7) is 1.04. The van der Waals surface area contributed by atoms with E-state index in [0.29, 0.717) is 5.56 Å². The van der Waals surface area contributed by atoms with Crippen LogP contribution in [0.3, 0.4) is 0 Å². The first-order valence-corrected chi connectivity index (χ1v) is 10.0. The van der Waals surface area contributed by atoms with E-state index in [0.717, 1.165) is 29.5 Å². The minimum absolute atomic E-state index is 0.0636. The number of carbonyl (C=O) groups excluding carboxylic acids is 2. The normalized spacial score (nSPS) is 13.1. The molecule has 166 valence electrons. The molecule has 1 N–H and O–H groups in total. The summed E-state index contributed by atoms with van der Waals surface area (Å²) in [6.07, 6.45) is 1.78. The number of hydrogen-bond acceptors (Lipinski definition) is 4. The topological polar surface area (TPSA) is 67.9 Å². The Morgan fingerprint density at radius 1 is 1.10 bits per heavy atom. The summed E-state index contributed by atoms with van der Waals surface area (Å²) in [5.41, 5.74) is 3.19. The Kier molecular flexibility index (Phi) is 7.09. The van der Waals surface area contributed by atoms with Gasteiger partial charge in [0, 0.05) is 18.2 Å². The third kappa shape index (κ3) is 6.16. The Hall–Kier alpha value is -3.16. The number of hydrogen-bond donors (Lipinski definition) is 1. The van der Waals surface area contributed by atoms with Crippen molar-refractivity contribution >= 4 is 11.8 Å². The number of aryl methyl sites for hydroxylation is 2. The molecule has 1 aliphatic rings. The first-order valence-electron chi connectivity index (χ1n) is 10.0. The quantitative estimate of drug-likeness (QED) is 0.654. The van der Waals surface area contributed by atoms with Crippen molar-refractivity contribution < 1.29 is 27.8 Å². The highest BCUT2D eigenvalue weighted by Crippen LogP contribution is 2.32. The van der Waals surface area contributed by atoms with Crippen molar-refractivity contribution in [3.8, 4) is 11.5 Å². The summed E-state index contributed by atoms with van der Waals surface area (Å²) in [7, 11) is 1.36. The van der Waals surface area contributed by atoms with Crippen LogP contribution in [0.4, 0.5) is 8.78 Å². The average Bonchev–Trinajstić information content (AvgIpc) is 3.54. The van der Waals surface area contributed by atoms with Gasteiger partial charge in [-0.1, -0.05) is 23.3 Å². The number of ether oxygens (including phenoxy) is 2. The third-order valence-electron chi connectivity index (χ3n) is 4.99. The molecule has 0 bridgehead atoms. The van der Waals surface area contributed by atoms with Gasteiger partial charge in [0.15, 0.2) is 11.5 Å². The lowest BCUT2D eigenvalue weighted by molar-refractivity contribution is -0.131. The first-order chi connectivity index (χ1) is 14.8. The highest BCUT2D eigenvalue weighted by molar-refractivity contribution is 5.96.